The van der Waals surface area contributed by atoms with Crippen molar-refractivity contribution < 1.29 is 22.7 Å². The molecular formula is C16H15F3N2O2. The fraction of sp³-hybridized carbons (Fsp3) is 0.188. The molecule has 0 aliphatic carbocycles. The highest BCUT2D eigenvalue weighted by molar-refractivity contribution is 5.91. The summed E-state index contributed by atoms with van der Waals surface area (Å²) in [6.07, 6.45) is -4.44. The Labute approximate surface area is 131 Å². The van der Waals surface area contributed by atoms with Gasteiger partial charge in [0, 0.05) is 17.1 Å². The van der Waals surface area contributed by atoms with E-state index >= 15 is 0 Å². The van der Waals surface area contributed by atoms with Gasteiger partial charge in [-0.05, 0) is 36.4 Å². The summed E-state index contributed by atoms with van der Waals surface area (Å²) in [6.45, 7) is -2.09. The molecule has 1 amide bonds. The van der Waals surface area contributed by atoms with Crippen LogP contribution >= 0.6 is 0 Å². The summed E-state index contributed by atoms with van der Waals surface area (Å²) >= 11 is 0. The summed E-state index contributed by atoms with van der Waals surface area (Å²) in [4.78, 5) is 11.5. The fourth-order valence-electron chi connectivity index (χ4n) is 1.78. The van der Waals surface area contributed by atoms with Gasteiger partial charge in [0.05, 0.1) is 0 Å². The zero-order chi connectivity index (χ0) is 16.7. The molecule has 0 aliphatic heterocycles. The number of amides is 1. The number of benzene rings is 2. The number of alkyl halides is 3. The average molecular weight is 324 g/mol. The van der Waals surface area contributed by atoms with Crippen molar-refractivity contribution in [3.8, 4) is 0 Å². The first-order chi connectivity index (χ1) is 10.9. The molecule has 0 radical (unpaired) electrons. The van der Waals surface area contributed by atoms with Crippen LogP contribution in [-0.4, -0.2) is 25.3 Å². The fourth-order valence-corrected chi connectivity index (χ4v) is 1.78. The second kappa shape index (κ2) is 7.64. The maximum absolute atomic E-state index is 11.9. The number of rotatable bonds is 6. The van der Waals surface area contributed by atoms with Crippen LogP contribution in [0.2, 0.25) is 0 Å². The molecule has 7 heteroatoms. The van der Waals surface area contributed by atoms with Crippen molar-refractivity contribution in [1.29, 1.82) is 0 Å². The molecule has 0 fully saturated rings. The van der Waals surface area contributed by atoms with Crippen LogP contribution in [0.25, 0.3) is 0 Å². The van der Waals surface area contributed by atoms with E-state index in [0.29, 0.717) is 5.69 Å². The SMILES string of the molecule is O=C(COCC(F)(F)F)Nc1ccc(Nc2ccccc2)cc1. The maximum Gasteiger partial charge on any atom is 0.411 e. The molecule has 2 aromatic rings. The molecule has 0 saturated heterocycles. The van der Waals surface area contributed by atoms with Crippen molar-refractivity contribution >= 4 is 23.0 Å². The highest BCUT2D eigenvalue weighted by atomic mass is 19.4. The monoisotopic (exact) mass is 324 g/mol. The summed E-state index contributed by atoms with van der Waals surface area (Å²) in [7, 11) is 0. The Kier molecular flexibility index (Phi) is 5.59. The van der Waals surface area contributed by atoms with Crippen LogP contribution in [-0.2, 0) is 9.53 Å². The highest BCUT2D eigenvalue weighted by Crippen LogP contribution is 2.18. The maximum atomic E-state index is 11.9. The van der Waals surface area contributed by atoms with E-state index in [1.807, 2.05) is 30.3 Å². The van der Waals surface area contributed by atoms with Crippen LogP contribution in [0.3, 0.4) is 0 Å². The van der Waals surface area contributed by atoms with E-state index in [4.69, 9.17) is 0 Å². The number of anilines is 3. The van der Waals surface area contributed by atoms with Crippen molar-refractivity contribution in [3.05, 3.63) is 54.6 Å². The van der Waals surface area contributed by atoms with E-state index in [9.17, 15) is 18.0 Å². The summed E-state index contributed by atoms with van der Waals surface area (Å²) in [5, 5.41) is 5.63. The minimum atomic E-state index is -4.44. The smallest absolute Gasteiger partial charge is 0.362 e. The second-order valence-electron chi connectivity index (χ2n) is 4.72. The lowest BCUT2D eigenvalue weighted by Crippen LogP contribution is -2.23. The minimum Gasteiger partial charge on any atom is -0.362 e. The zero-order valence-electron chi connectivity index (χ0n) is 12.1. The Morgan fingerprint density at radius 3 is 2.09 bits per heavy atom. The molecule has 0 aliphatic rings. The van der Waals surface area contributed by atoms with Crippen LogP contribution in [0.15, 0.2) is 54.6 Å². The number of nitrogens with one attached hydrogen (secondary N) is 2. The predicted molar refractivity (Wildman–Crippen MR) is 81.7 cm³/mol. The molecule has 0 heterocycles. The molecule has 122 valence electrons. The third-order valence-corrected chi connectivity index (χ3v) is 2.73. The van der Waals surface area contributed by atoms with E-state index in [2.05, 4.69) is 15.4 Å². The summed E-state index contributed by atoms with van der Waals surface area (Å²) in [6, 6.07) is 16.3. The summed E-state index contributed by atoms with van der Waals surface area (Å²) in [5.41, 5.74) is 2.22. The molecule has 2 aromatic carbocycles. The van der Waals surface area contributed by atoms with Crippen molar-refractivity contribution in [2.75, 3.05) is 23.8 Å². The van der Waals surface area contributed by atoms with E-state index in [-0.39, 0.29) is 0 Å². The van der Waals surface area contributed by atoms with Gasteiger partial charge >= 0.3 is 6.18 Å². The highest BCUT2D eigenvalue weighted by Gasteiger charge is 2.27. The molecule has 0 bridgehead atoms. The Balaban J connectivity index is 1.81. The van der Waals surface area contributed by atoms with Gasteiger partial charge in [-0.3, -0.25) is 4.79 Å². The molecule has 4 nitrogen and oxygen atoms in total. The summed E-state index contributed by atoms with van der Waals surface area (Å²) < 4.78 is 40.0. The Bertz CT molecular complexity index is 628. The number of ether oxygens (including phenoxy) is 1. The van der Waals surface area contributed by atoms with Crippen LogP contribution in [0, 0.1) is 0 Å². The van der Waals surface area contributed by atoms with Gasteiger partial charge in [-0.1, -0.05) is 18.2 Å². The van der Waals surface area contributed by atoms with Gasteiger partial charge in [-0.2, -0.15) is 13.2 Å². The van der Waals surface area contributed by atoms with Gasteiger partial charge in [-0.15, -0.1) is 0 Å². The molecular weight excluding hydrogens is 309 g/mol. The van der Waals surface area contributed by atoms with Crippen molar-refractivity contribution in [2.45, 2.75) is 6.18 Å². The van der Waals surface area contributed by atoms with Crippen molar-refractivity contribution in [3.63, 3.8) is 0 Å². The normalized spacial score (nSPS) is 11.1. The molecule has 2 rings (SSSR count). The van der Waals surface area contributed by atoms with Crippen molar-refractivity contribution in [1.82, 2.24) is 0 Å². The molecule has 0 unspecified atom stereocenters. The third kappa shape index (κ3) is 6.39. The second-order valence-corrected chi connectivity index (χ2v) is 4.72. The first kappa shape index (κ1) is 16.8. The van der Waals surface area contributed by atoms with Gasteiger partial charge in [0.15, 0.2) is 0 Å². The van der Waals surface area contributed by atoms with Gasteiger partial charge < -0.3 is 15.4 Å². The molecule has 23 heavy (non-hydrogen) atoms. The largest absolute Gasteiger partial charge is 0.411 e. The molecule has 0 atom stereocenters. The first-order valence-corrected chi connectivity index (χ1v) is 6.79. The summed E-state index contributed by atoms with van der Waals surface area (Å²) in [5.74, 6) is -0.641. The molecule has 0 spiro atoms. The molecule has 0 aromatic heterocycles. The third-order valence-electron chi connectivity index (χ3n) is 2.73. The quantitative estimate of drug-likeness (QED) is 0.846. The van der Waals surface area contributed by atoms with E-state index in [0.717, 1.165) is 11.4 Å². The van der Waals surface area contributed by atoms with E-state index in [1.165, 1.54) is 0 Å². The van der Waals surface area contributed by atoms with Gasteiger partial charge in [0.1, 0.15) is 13.2 Å². The Morgan fingerprint density at radius 2 is 1.48 bits per heavy atom. The van der Waals surface area contributed by atoms with Gasteiger partial charge in [0.2, 0.25) is 5.91 Å². The number of para-hydroxylation sites is 1. The topological polar surface area (TPSA) is 50.4 Å². The lowest BCUT2D eigenvalue weighted by molar-refractivity contribution is -0.174. The number of hydrogen-bond acceptors (Lipinski definition) is 3. The predicted octanol–water partition coefficient (Wildman–Crippen LogP) is 3.95. The number of carbonyl (C=O) groups is 1. The van der Waals surface area contributed by atoms with E-state index in [1.54, 1.807) is 24.3 Å². The van der Waals surface area contributed by atoms with Crippen LogP contribution in [0.4, 0.5) is 30.2 Å². The zero-order valence-corrected chi connectivity index (χ0v) is 12.1. The molecule has 2 N–H and O–H groups in total. The Hall–Kier alpha value is -2.54. The first-order valence-electron chi connectivity index (χ1n) is 6.79. The molecule has 0 saturated carbocycles. The van der Waals surface area contributed by atoms with Gasteiger partial charge in [0.25, 0.3) is 0 Å². The number of carbonyl (C=O) groups excluding carboxylic acids is 1. The minimum absolute atomic E-state index is 0.476. The van der Waals surface area contributed by atoms with Crippen molar-refractivity contribution in [2.24, 2.45) is 0 Å². The standard InChI is InChI=1S/C16H15F3N2O2/c17-16(18,19)11-23-10-15(22)21-14-8-6-13(7-9-14)20-12-4-2-1-3-5-12/h1-9,20H,10-11H2,(H,21,22). The number of hydrogen-bond donors (Lipinski definition) is 2. The van der Waals surface area contributed by atoms with Gasteiger partial charge in [-0.25, -0.2) is 0 Å². The number of halogens is 3. The van der Waals surface area contributed by atoms with Crippen LogP contribution < -0.4 is 10.6 Å². The van der Waals surface area contributed by atoms with Crippen LogP contribution in [0.1, 0.15) is 0 Å². The Morgan fingerprint density at radius 1 is 0.913 bits per heavy atom. The van der Waals surface area contributed by atoms with Crippen LogP contribution in [0.5, 0.6) is 0 Å². The van der Waals surface area contributed by atoms with E-state index < -0.39 is 25.3 Å². The average Bonchev–Trinajstić information content (AvgIpc) is 2.49. The lowest BCUT2D eigenvalue weighted by Gasteiger charge is -2.10. The lowest BCUT2D eigenvalue weighted by atomic mass is 10.2.